The summed E-state index contributed by atoms with van der Waals surface area (Å²) in [5.41, 5.74) is 0.323. The lowest BCUT2D eigenvalue weighted by Crippen LogP contribution is -2.19. The van der Waals surface area contributed by atoms with Gasteiger partial charge in [-0.15, -0.1) is 0 Å². The van der Waals surface area contributed by atoms with Crippen LogP contribution in [-0.2, 0) is 20.0 Å². The molecule has 2 aromatic rings. The van der Waals surface area contributed by atoms with Crippen LogP contribution >= 0.6 is 0 Å². The molecule has 0 saturated heterocycles. The molecule has 8 nitrogen and oxygen atoms in total. The van der Waals surface area contributed by atoms with Crippen molar-refractivity contribution >= 4 is 31.4 Å². The van der Waals surface area contributed by atoms with Gasteiger partial charge in [-0.2, -0.15) is 0 Å². The highest BCUT2D eigenvalue weighted by molar-refractivity contribution is 7.93. The summed E-state index contributed by atoms with van der Waals surface area (Å²) < 4.78 is 65.6. The Hall–Kier alpha value is -2.46. The normalized spacial score (nSPS) is 11.9. The maximum absolute atomic E-state index is 12.8. The Kier molecular flexibility index (Phi) is 7.37. The van der Waals surface area contributed by atoms with Crippen molar-refractivity contribution in [3.8, 4) is 11.5 Å². The molecule has 0 atom stereocenters. The largest absolute Gasteiger partial charge is 0.495 e. The van der Waals surface area contributed by atoms with Gasteiger partial charge in [-0.1, -0.05) is 26.0 Å². The predicted molar refractivity (Wildman–Crippen MR) is 114 cm³/mol. The molecule has 0 aliphatic rings. The first-order valence-electron chi connectivity index (χ1n) is 8.92. The molecular formula is C19H26N2O6S2. The Morgan fingerprint density at radius 3 is 2.10 bits per heavy atom. The second kappa shape index (κ2) is 9.36. The van der Waals surface area contributed by atoms with E-state index in [1.54, 1.807) is 24.3 Å². The van der Waals surface area contributed by atoms with Gasteiger partial charge >= 0.3 is 0 Å². The number of benzene rings is 2. The van der Waals surface area contributed by atoms with Crippen molar-refractivity contribution in [3.63, 3.8) is 0 Å². The van der Waals surface area contributed by atoms with E-state index in [0.717, 1.165) is 0 Å². The summed E-state index contributed by atoms with van der Waals surface area (Å²) in [6.07, 6.45) is 0.477. The van der Waals surface area contributed by atoms with Crippen LogP contribution in [0.2, 0.25) is 0 Å². The molecule has 29 heavy (non-hydrogen) atoms. The van der Waals surface area contributed by atoms with E-state index >= 15 is 0 Å². The van der Waals surface area contributed by atoms with Gasteiger partial charge in [0, 0.05) is 0 Å². The van der Waals surface area contributed by atoms with Crippen molar-refractivity contribution in [3.05, 3.63) is 42.5 Å². The van der Waals surface area contributed by atoms with Crippen LogP contribution in [0.3, 0.4) is 0 Å². The summed E-state index contributed by atoms with van der Waals surface area (Å²) in [6, 6.07) is 10.5. The monoisotopic (exact) mass is 442 g/mol. The molecule has 2 N–H and O–H groups in total. The van der Waals surface area contributed by atoms with Gasteiger partial charge in [0.1, 0.15) is 11.5 Å². The third-order valence-electron chi connectivity index (χ3n) is 4.06. The van der Waals surface area contributed by atoms with E-state index in [-0.39, 0.29) is 33.7 Å². The summed E-state index contributed by atoms with van der Waals surface area (Å²) in [4.78, 5) is -0.120. The average Bonchev–Trinajstić information content (AvgIpc) is 2.66. The number of ether oxygens (including phenoxy) is 2. The highest BCUT2D eigenvalue weighted by Gasteiger charge is 2.21. The Balaban J connectivity index is 2.35. The molecule has 0 bridgehead atoms. The van der Waals surface area contributed by atoms with Crippen LogP contribution in [-0.4, -0.2) is 36.8 Å². The van der Waals surface area contributed by atoms with Crippen LogP contribution in [0.15, 0.2) is 47.4 Å². The summed E-state index contributed by atoms with van der Waals surface area (Å²) in [6.45, 7) is 3.85. The summed E-state index contributed by atoms with van der Waals surface area (Å²) in [5.74, 6) is 0.711. The Labute approximate surface area is 172 Å². The van der Waals surface area contributed by atoms with Crippen molar-refractivity contribution in [2.45, 2.75) is 25.2 Å². The molecule has 0 unspecified atom stereocenters. The molecule has 0 spiro atoms. The van der Waals surface area contributed by atoms with Gasteiger partial charge < -0.3 is 9.47 Å². The maximum Gasteiger partial charge on any atom is 0.262 e. The number of nitrogens with one attached hydrogen (secondary N) is 2. The van der Waals surface area contributed by atoms with Crippen molar-refractivity contribution in [2.24, 2.45) is 5.92 Å². The fourth-order valence-corrected chi connectivity index (χ4v) is 4.95. The molecular weight excluding hydrogens is 416 g/mol. The zero-order valence-electron chi connectivity index (χ0n) is 16.8. The van der Waals surface area contributed by atoms with E-state index in [0.29, 0.717) is 12.2 Å². The first-order valence-corrected chi connectivity index (χ1v) is 12.1. The number of para-hydroxylation sites is 2. The molecule has 0 amide bonds. The molecule has 0 saturated carbocycles. The van der Waals surface area contributed by atoms with E-state index in [9.17, 15) is 16.8 Å². The number of sulfonamides is 2. The van der Waals surface area contributed by atoms with E-state index in [1.165, 1.54) is 32.4 Å². The lowest BCUT2D eigenvalue weighted by molar-refractivity contribution is 0.416. The third kappa shape index (κ3) is 6.26. The zero-order valence-corrected chi connectivity index (χ0v) is 18.4. The summed E-state index contributed by atoms with van der Waals surface area (Å²) >= 11 is 0. The standard InChI is InChI=1S/C19H26N2O6S2/c1-14(2)11-12-28(22,23)20-17-13-15(9-10-19(17)27-4)29(24,25)21-16-7-5-6-8-18(16)26-3/h5-10,13-14,20-21H,11-12H2,1-4H3. The summed E-state index contributed by atoms with van der Waals surface area (Å²) in [7, 11) is -4.84. The fourth-order valence-electron chi connectivity index (χ4n) is 2.48. The number of methoxy groups -OCH3 is 2. The minimum Gasteiger partial charge on any atom is -0.495 e. The van der Waals surface area contributed by atoms with Crippen molar-refractivity contribution < 1.29 is 26.3 Å². The van der Waals surface area contributed by atoms with Crippen LogP contribution < -0.4 is 18.9 Å². The molecule has 0 aromatic heterocycles. The highest BCUT2D eigenvalue weighted by Crippen LogP contribution is 2.31. The number of anilines is 2. The van der Waals surface area contributed by atoms with Gasteiger partial charge in [0.2, 0.25) is 10.0 Å². The van der Waals surface area contributed by atoms with Gasteiger partial charge in [0.15, 0.2) is 0 Å². The predicted octanol–water partition coefficient (Wildman–Crippen LogP) is 3.29. The van der Waals surface area contributed by atoms with Gasteiger partial charge in [-0.05, 0) is 42.7 Å². The minimum atomic E-state index is -4.00. The SMILES string of the molecule is COc1ccc(S(=O)(=O)Nc2ccccc2OC)cc1NS(=O)(=O)CCC(C)C. The number of rotatable bonds is 10. The molecule has 0 heterocycles. The van der Waals surface area contributed by atoms with Crippen molar-refractivity contribution in [1.29, 1.82) is 0 Å². The van der Waals surface area contributed by atoms with E-state index in [2.05, 4.69) is 9.44 Å². The minimum absolute atomic E-state index is 0.0548. The molecule has 0 aliphatic heterocycles. The smallest absolute Gasteiger partial charge is 0.262 e. The fraction of sp³-hybridized carbons (Fsp3) is 0.368. The van der Waals surface area contributed by atoms with Crippen LogP contribution in [0, 0.1) is 5.92 Å². The first-order chi connectivity index (χ1) is 13.6. The van der Waals surface area contributed by atoms with Crippen molar-refractivity contribution in [2.75, 3.05) is 29.4 Å². The summed E-state index contributed by atoms with van der Waals surface area (Å²) in [5, 5.41) is 0. The van der Waals surface area contributed by atoms with Crippen LogP contribution in [0.4, 0.5) is 11.4 Å². The van der Waals surface area contributed by atoms with E-state index < -0.39 is 20.0 Å². The van der Waals surface area contributed by atoms with Crippen molar-refractivity contribution in [1.82, 2.24) is 0 Å². The topological polar surface area (TPSA) is 111 Å². The Bertz CT molecular complexity index is 1050. The average molecular weight is 443 g/mol. The molecule has 0 fully saturated rings. The molecule has 0 aliphatic carbocycles. The van der Waals surface area contributed by atoms with E-state index in [1.807, 2.05) is 13.8 Å². The Morgan fingerprint density at radius 1 is 0.862 bits per heavy atom. The first kappa shape index (κ1) is 22.8. The van der Waals surface area contributed by atoms with E-state index in [4.69, 9.17) is 9.47 Å². The second-order valence-corrected chi connectivity index (χ2v) is 10.3. The zero-order chi connectivity index (χ0) is 21.7. The molecule has 10 heteroatoms. The Morgan fingerprint density at radius 2 is 1.48 bits per heavy atom. The molecule has 0 radical (unpaired) electrons. The molecule has 2 rings (SSSR count). The maximum atomic E-state index is 12.8. The third-order valence-corrected chi connectivity index (χ3v) is 6.73. The highest BCUT2D eigenvalue weighted by atomic mass is 32.2. The van der Waals surface area contributed by atoms with Gasteiger partial charge in [-0.3, -0.25) is 9.44 Å². The van der Waals surface area contributed by atoms with Crippen LogP contribution in [0.25, 0.3) is 0 Å². The van der Waals surface area contributed by atoms with Crippen LogP contribution in [0.1, 0.15) is 20.3 Å². The number of hydrogen-bond acceptors (Lipinski definition) is 6. The molecule has 2 aromatic carbocycles. The number of hydrogen-bond donors (Lipinski definition) is 2. The van der Waals surface area contributed by atoms with Gasteiger partial charge in [0.25, 0.3) is 10.0 Å². The van der Waals surface area contributed by atoms with Gasteiger partial charge in [0.05, 0.1) is 36.2 Å². The molecule has 160 valence electrons. The quantitative estimate of drug-likeness (QED) is 0.584. The second-order valence-electron chi connectivity index (χ2n) is 6.77. The van der Waals surface area contributed by atoms with Crippen LogP contribution in [0.5, 0.6) is 11.5 Å². The lowest BCUT2D eigenvalue weighted by atomic mass is 10.2. The van der Waals surface area contributed by atoms with Gasteiger partial charge in [-0.25, -0.2) is 16.8 Å². The lowest BCUT2D eigenvalue weighted by Gasteiger charge is -2.15.